The number of benzene rings is 1. The minimum absolute atomic E-state index is 0.198. The first-order chi connectivity index (χ1) is 11.9. The van der Waals surface area contributed by atoms with Crippen LogP contribution in [0.3, 0.4) is 0 Å². The molecule has 128 valence electrons. The molecule has 0 bridgehead atoms. The van der Waals surface area contributed by atoms with E-state index in [0.29, 0.717) is 23.6 Å². The van der Waals surface area contributed by atoms with E-state index in [1.165, 1.54) is 18.3 Å². The standard InChI is InChI=1S/C18H18FN5O/c1-18(2,13-3-5-14(19)6-4-13)11-22-16-8-7-15(23-24-16)12-9-20-17(25)21-10-12/h3-10H,11H2,1-2H3,(H,22,24)(H,20,21,25). The first kappa shape index (κ1) is 16.8. The predicted octanol–water partition coefficient (Wildman–Crippen LogP) is 2.76. The van der Waals surface area contributed by atoms with E-state index in [-0.39, 0.29) is 11.2 Å². The van der Waals surface area contributed by atoms with Gasteiger partial charge in [-0.3, -0.25) is 0 Å². The number of rotatable bonds is 5. The second kappa shape index (κ2) is 6.80. The highest BCUT2D eigenvalue weighted by Gasteiger charge is 2.20. The van der Waals surface area contributed by atoms with Crippen molar-refractivity contribution >= 4 is 5.82 Å². The molecule has 25 heavy (non-hydrogen) atoms. The lowest BCUT2D eigenvalue weighted by Crippen LogP contribution is -2.28. The molecule has 0 fully saturated rings. The summed E-state index contributed by atoms with van der Waals surface area (Å²) in [5, 5.41) is 11.5. The summed E-state index contributed by atoms with van der Waals surface area (Å²) < 4.78 is 13.1. The number of nitrogens with zero attached hydrogens (tertiary/aromatic N) is 3. The number of hydrogen-bond donors (Lipinski definition) is 2. The highest BCUT2D eigenvalue weighted by atomic mass is 19.1. The summed E-state index contributed by atoms with van der Waals surface area (Å²) in [6.07, 6.45) is 3.00. The number of H-pyrrole nitrogens is 1. The van der Waals surface area contributed by atoms with E-state index in [0.717, 1.165) is 5.56 Å². The first-order valence-electron chi connectivity index (χ1n) is 7.83. The Morgan fingerprint density at radius 3 is 2.48 bits per heavy atom. The molecule has 6 nitrogen and oxygen atoms in total. The molecule has 3 rings (SSSR count). The Kier molecular flexibility index (Phi) is 4.56. The molecule has 0 radical (unpaired) electrons. The molecule has 0 aliphatic rings. The Hall–Kier alpha value is -3.09. The van der Waals surface area contributed by atoms with Gasteiger partial charge in [-0.25, -0.2) is 14.2 Å². The highest BCUT2D eigenvalue weighted by Crippen LogP contribution is 2.24. The third kappa shape index (κ3) is 4.06. The molecule has 0 aliphatic carbocycles. The quantitative estimate of drug-likeness (QED) is 0.747. The van der Waals surface area contributed by atoms with Gasteiger partial charge in [-0.05, 0) is 29.8 Å². The molecule has 0 saturated heterocycles. The maximum atomic E-state index is 13.1. The number of aromatic amines is 1. The van der Waals surface area contributed by atoms with Crippen LogP contribution in [0, 0.1) is 5.82 Å². The maximum Gasteiger partial charge on any atom is 0.344 e. The SMILES string of the molecule is CC(C)(CNc1ccc(-c2cnc(=O)[nH]c2)nn1)c1ccc(F)cc1. The molecule has 0 amide bonds. The predicted molar refractivity (Wildman–Crippen MR) is 93.8 cm³/mol. The molecule has 0 aliphatic heterocycles. The third-order valence-corrected chi connectivity index (χ3v) is 3.97. The van der Waals surface area contributed by atoms with Crippen LogP contribution in [0.4, 0.5) is 10.2 Å². The smallest absolute Gasteiger partial charge is 0.344 e. The largest absolute Gasteiger partial charge is 0.368 e. The van der Waals surface area contributed by atoms with Crippen LogP contribution in [0.5, 0.6) is 0 Å². The van der Waals surface area contributed by atoms with Crippen molar-refractivity contribution in [2.75, 3.05) is 11.9 Å². The average molecular weight is 339 g/mol. The third-order valence-electron chi connectivity index (χ3n) is 3.97. The summed E-state index contributed by atoms with van der Waals surface area (Å²) >= 11 is 0. The Balaban J connectivity index is 1.68. The normalized spacial score (nSPS) is 11.3. The number of halogens is 1. The molecule has 0 atom stereocenters. The van der Waals surface area contributed by atoms with Crippen molar-refractivity contribution in [1.29, 1.82) is 0 Å². The molecule has 0 saturated carbocycles. The van der Waals surface area contributed by atoms with E-state index in [4.69, 9.17) is 0 Å². The monoisotopic (exact) mass is 339 g/mol. The lowest BCUT2D eigenvalue weighted by atomic mass is 9.84. The van der Waals surface area contributed by atoms with E-state index in [1.807, 2.05) is 6.07 Å². The molecule has 1 aromatic carbocycles. The van der Waals surface area contributed by atoms with Gasteiger partial charge in [0.15, 0.2) is 0 Å². The topological polar surface area (TPSA) is 83.6 Å². The van der Waals surface area contributed by atoms with Crippen LogP contribution in [0.2, 0.25) is 0 Å². The van der Waals surface area contributed by atoms with E-state index < -0.39 is 5.69 Å². The molecule has 0 spiro atoms. The Morgan fingerprint density at radius 2 is 1.88 bits per heavy atom. The molecular formula is C18H18FN5O. The lowest BCUT2D eigenvalue weighted by molar-refractivity contribution is 0.552. The summed E-state index contributed by atoms with van der Waals surface area (Å²) in [5.41, 5.74) is 1.73. The van der Waals surface area contributed by atoms with Crippen LogP contribution in [0.25, 0.3) is 11.3 Å². The van der Waals surface area contributed by atoms with Crippen molar-refractivity contribution in [1.82, 2.24) is 20.2 Å². The van der Waals surface area contributed by atoms with Crippen LogP contribution in [0.15, 0.2) is 53.6 Å². The minimum Gasteiger partial charge on any atom is -0.368 e. The van der Waals surface area contributed by atoms with Gasteiger partial charge in [-0.15, -0.1) is 10.2 Å². The maximum absolute atomic E-state index is 13.1. The van der Waals surface area contributed by atoms with Crippen molar-refractivity contribution in [2.24, 2.45) is 0 Å². The Bertz CT molecular complexity index is 884. The molecule has 7 heteroatoms. The van der Waals surface area contributed by atoms with Gasteiger partial charge in [0.25, 0.3) is 0 Å². The van der Waals surface area contributed by atoms with Crippen molar-refractivity contribution in [3.05, 3.63) is 70.7 Å². The molecule has 3 aromatic rings. The zero-order valence-corrected chi connectivity index (χ0v) is 14.0. The van der Waals surface area contributed by atoms with E-state index in [2.05, 4.69) is 39.3 Å². The second-order valence-corrected chi connectivity index (χ2v) is 6.36. The summed E-state index contributed by atoms with van der Waals surface area (Å²) in [4.78, 5) is 17.2. The van der Waals surface area contributed by atoms with Gasteiger partial charge < -0.3 is 10.3 Å². The fourth-order valence-corrected chi connectivity index (χ4v) is 2.38. The molecule has 0 unspecified atom stereocenters. The summed E-state index contributed by atoms with van der Waals surface area (Å²) in [6.45, 7) is 4.76. The fraction of sp³-hybridized carbons (Fsp3) is 0.222. The van der Waals surface area contributed by atoms with Gasteiger partial charge in [0, 0.05) is 29.9 Å². The summed E-state index contributed by atoms with van der Waals surface area (Å²) in [7, 11) is 0. The molecule has 2 heterocycles. The van der Waals surface area contributed by atoms with Crippen LogP contribution in [-0.4, -0.2) is 26.7 Å². The van der Waals surface area contributed by atoms with E-state index in [9.17, 15) is 9.18 Å². The van der Waals surface area contributed by atoms with Crippen molar-refractivity contribution in [3.63, 3.8) is 0 Å². The van der Waals surface area contributed by atoms with Gasteiger partial charge in [-0.2, -0.15) is 0 Å². The highest BCUT2D eigenvalue weighted by molar-refractivity contribution is 5.57. The van der Waals surface area contributed by atoms with Crippen LogP contribution >= 0.6 is 0 Å². The Labute approximate surface area is 144 Å². The van der Waals surface area contributed by atoms with Gasteiger partial charge in [0.1, 0.15) is 11.6 Å². The number of anilines is 1. The van der Waals surface area contributed by atoms with E-state index in [1.54, 1.807) is 24.4 Å². The van der Waals surface area contributed by atoms with Gasteiger partial charge in [0.05, 0.1) is 5.69 Å². The fourth-order valence-electron chi connectivity index (χ4n) is 2.38. The van der Waals surface area contributed by atoms with Crippen LogP contribution < -0.4 is 11.0 Å². The van der Waals surface area contributed by atoms with Gasteiger partial charge in [-0.1, -0.05) is 26.0 Å². The molecule has 2 aromatic heterocycles. The zero-order chi connectivity index (χ0) is 17.9. The molecule has 2 N–H and O–H groups in total. The van der Waals surface area contributed by atoms with Gasteiger partial charge >= 0.3 is 5.69 Å². The number of hydrogen-bond acceptors (Lipinski definition) is 5. The summed E-state index contributed by atoms with van der Waals surface area (Å²) in [6, 6.07) is 10.1. The summed E-state index contributed by atoms with van der Waals surface area (Å²) in [5.74, 6) is 0.391. The van der Waals surface area contributed by atoms with Crippen LogP contribution in [0.1, 0.15) is 19.4 Å². The zero-order valence-electron chi connectivity index (χ0n) is 14.0. The van der Waals surface area contributed by atoms with Crippen molar-refractivity contribution < 1.29 is 4.39 Å². The van der Waals surface area contributed by atoms with Crippen LogP contribution in [-0.2, 0) is 5.41 Å². The van der Waals surface area contributed by atoms with Gasteiger partial charge in [0.2, 0.25) is 0 Å². The number of nitrogens with one attached hydrogen (secondary N) is 2. The van der Waals surface area contributed by atoms with E-state index >= 15 is 0 Å². The minimum atomic E-state index is -0.405. The molecular weight excluding hydrogens is 321 g/mol. The lowest BCUT2D eigenvalue weighted by Gasteiger charge is -2.25. The van der Waals surface area contributed by atoms with Crippen molar-refractivity contribution in [2.45, 2.75) is 19.3 Å². The average Bonchev–Trinajstić information content (AvgIpc) is 2.62. The van der Waals surface area contributed by atoms with Crippen molar-refractivity contribution in [3.8, 4) is 11.3 Å². The second-order valence-electron chi connectivity index (χ2n) is 6.36. The number of aromatic nitrogens is 4. The first-order valence-corrected chi connectivity index (χ1v) is 7.83. The Morgan fingerprint density at radius 1 is 1.12 bits per heavy atom.